The molecule has 0 spiro atoms. The van der Waals surface area contributed by atoms with E-state index >= 15 is 0 Å². The van der Waals surface area contributed by atoms with Crippen LogP contribution < -0.4 is 15.5 Å². The Labute approximate surface area is 217 Å². The van der Waals surface area contributed by atoms with Crippen LogP contribution >= 0.6 is 11.8 Å². The van der Waals surface area contributed by atoms with Crippen molar-refractivity contribution in [3.8, 4) is 0 Å². The van der Waals surface area contributed by atoms with Gasteiger partial charge in [-0.15, -0.1) is 0 Å². The van der Waals surface area contributed by atoms with Gasteiger partial charge < -0.3 is 20.4 Å². The van der Waals surface area contributed by atoms with E-state index < -0.39 is 0 Å². The smallest absolute Gasteiger partial charge is 0.251 e. The summed E-state index contributed by atoms with van der Waals surface area (Å²) in [7, 11) is 2.13. The first kappa shape index (κ1) is 26.1. The molecule has 1 fully saturated rings. The van der Waals surface area contributed by atoms with Gasteiger partial charge in [0.25, 0.3) is 5.91 Å². The predicted octanol–water partition coefficient (Wildman–Crippen LogP) is 3.71. The lowest BCUT2D eigenvalue weighted by molar-refractivity contribution is 0.0943. The van der Waals surface area contributed by atoms with E-state index in [0.717, 1.165) is 36.9 Å². The first-order chi connectivity index (χ1) is 17.1. The van der Waals surface area contributed by atoms with E-state index in [2.05, 4.69) is 64.3 Å². The molecule has 0 aliphatic carbocycles. The molecular weight excluding hydrogens is 472 g/mol. The minimum absolute atomic E-state index is 0.0657. The van der Waals surface area contributed by atoms with Crippen LogP contribution in [0.25, 0.3) is 0 Å². The highest BCUT2D eigenvalue weighted by Gasteiger charge is 2.23. The van der Waals surface area contributed by atoms with Crippen molar-refractivity contribution in [1.29, 1.82) is 0 Å². The van der Waals surface area contributed by atoms with Gasteiger partial charge in [-0.2, -0.15) is 15.0 Å². The fraction of sp³-hybridized carbons (Fsp3) is 0.500. The van der Waals surface area contributed by atoms with Crippen LogP contribution in [0.3, 0.4) is 0 Å². The highest BCUT2D eigenvalue weighted by molar-refractivity contribution is 7.99. The Morgan fingerprint density at radius 3 is 2.33 bits per heavy atom. The minimum Gasteiger partial charge on any atom is -0.350 e. The number of aromatic nitrogens is 3. The lowest BCUT2D eigenvalue weighted by atomic mass is 9.87. The zero-order valence-corrected chi connectivity index (χ0v) is 22.8. The third-order valence-corrected chi connectivity index (χ3v) is 6.94. The topological polar surface area (TPSA) is 98.6 Å². The van der Waals surface area contributed by atoms with Crippen LogP contribution in [-0.2, 0) is 0 Å². The SMILES string of the molecule is CC(C)NC(=O)c1ccc(Sc2nc(NC3=NCC(C(C)(C)C)=C3)nc(N3CCN(C)CC3)n2)cc1. The van der Waals surface area contributed by atoms with Crippen molar-refractivity contribution in [3.63, 3.8) is 0 Å². The van der Waals surface area contributed by atoms with E-state index in [9.17, 15) is 4.79 Å². The van der Waals surface area contributed by atoms with E-state index in [-0.39, 0.29) is 17.4 Å². The number of amidine groups is 1. The van der Waals surface area contributed by atoms with Crippen molar-refractivity contribution >= 4 is 35.4 Å². The van der Waals surface area contributed by atoms with Crippen LogP contribution in [0.5, 0.6) is 0 Å². The van der Waals surface area contributed by atoms with Gasteiger partial charge in [0.1, 0.15) is 5.84 Å². The zero-order valence-electron chi connectivity index (χ0n) is 22.0. The third kappa shape index (κ3) is 6.82. The van der Waals surface area contributed by atoms with Gasteiger partial charge in [0, 0.05) is 42.7 Å². The molecule has 9 nitrogen and oxygen atoms in total. The Morgan fingerprint density at radius 2 is 1.72 bits per heavy atom. The summed E-state index contributed by atoms with van der Waals surface area (Å²) in [5, 5.41) is 6.82. The van der Waals surface area contributed by atoms with E-state index in [1.54, 1.807) is 0 Å². The fourth-order valence-corrected chi connectivity index (χ4v) is 4.53. The first-order valence-electron chi connectivity index (χ1n) is 12.4. The number of nitrogens with zero attached hydrogens (tertiary/aromatic N) is 6. The van der Waals surface area contributed by atoms with Gasteiger partial charge in [-0.3, -0.25) is 9.79 Å². The molecule has 3 heterocycles. The lowest BCUT2D eigenvalue weighted by Gasteiger charge is -2.32. The molecular formula is C26H36N8OS. The summed E-state index contributed by atoms with van der Waals surface area (Å²) in [6.45, 7) is 14.8. The molecule has 0 saturated carbocycles. The minimum atomic E-state index is -0.0782. The monoisotopic (exact) mass is 508 g/mol. The molecule has 2 N–H and O–H groups in total. The van der Waals surface area contributed by atoms with Gasteiger partial charge >= 0.3 is 0 Å². The van der Waals surface area contributed by atoms with Gasteiger partial charge in [0.05, 0.1) is 6.54 Å². The Hall–Kier alpha value is -2.98. The molecule has 2 aliphatic heterocycles. The molecule has 1 saturated heterocycles. The van der Waals surface area contributed by atoms with Crippen molar-refractivity contribution in [3.05, 3.63) is 41.5 Å². The van der Waals surface area contributed by atoms with Crippen LogP contribution in [0, 0.1) is 5.41 Å². The van der Waals surface area contributed by atoms with E-state index in [1.807, 2.05) is 38.1 Å². The summed E-state index contributed by atoms with van der Waals surface area (Å²) < 4.78 is 0. The molecule has 2 aliphatic rings. The van der Waals surface area contributed by atoms with Crippen molar-refractivity contribution in [2.75, 3.05) is 50.0 Å². The molecule has 1 aromatic carbocycles. The molecule has 0 atom stereocenters. The largest absolute Gasteiger partial charge is 0.350 e. The number of piperazine rings is 1. The maximum absolute atomic E-state index is 12.3. The van der Waals surface area contributed by atoms with Gasteiger partial charge in [0.15, 0.2) is 5.16 Å². The van der Waals surface area contributed by atoms with Crippen LogP contribution in [0.2, 0.25) is 0 Å². The molecule has 10 heteroatoms. The van der Waals surface area contributed by atoms with E-state index in [0.29, 0.717) is 29.2 Å². The van der Waals surface area contributed by atoms with E-state index in [4.69, 9.17) is 9.97 Å². The number of aliphatic imine (C=N–C) groups is 1. The van der Waals surface area contributed by atoms with Crippen LogP contribution in [-0.4, -0.2) is 77.4 Å². The zero-order chi connectivity index (χ0) is 25.9. The van der Waals surface area contributed by atoms with Crippen molar-refractivity contribution < 1.29 is 4.79 Å². The number of amides is 1. The molecule has 4 rings (SSSR count). The number of carbonyl (C=O) groups excluding carboxylic acids is 1. The number of hydrogen-bond acceptors (Lipinski definition) is 9. The average Bonchev–Trinajstić information content (AvgIpc) is 3.28. The lowest BCUT2D eigenvalue weighted by Crippen LogP contribution is -2.45. The molecule has 0 radical (unpaired) electrons. The maximum Gasteiger partial charge on any atom is 0.251 e. The van der Waals surface area contributed by atoms with E-state index in [1.165, 1.54) is 17.3 Å². The standard InChI is InChI=1S/C26H36N8OS/c1-17(2)28-22(35)18-7-9-20(10-8-18)36-25-31-23(29-21-15-19(16-27-21)26(3,4)5)30-24(32-25)34-13-11-33(6)12-14-34/h7-10,15,17H,11-14,16H2,1-6H3,(H,28,35)(H,27,29,30,31,32). The number of carbonyl (C=O) groups is 1. The second kappa shape index (κ2) is 11.0. The number of nitrogens with one attached hydrogen (secondary N) is 2. The molecule has 1 amide bonds. The van der Waals surface area contributed by atoms with Gasteiger partial charge in [-0.1, -0.05) is 20.8 Å². The molecule has 0 unspecified atom stereocenters. The summed E-state index contributed by atoms with van der Waals surface area (Å²) in [6, 6.07) is 7.59. The Bertz CT molecular complexity index is 1150. The molecule has 0 bridgehead atoms. The summed E-state index contributed by atoms with van der Waals surface area (Å²) in [4.78, 5) is 36.6. The fourth-order valence-electron chi connectivity index (χ4n) is 3.79. The summed E-state index contributed by atoms with van der Waals surface area (Å²) >= 11 is 1.45. The molecule has 1 aromatic heterocycles. The summed E-state index contributed by atoms with van der Waals surface area (Å²) in [6.07, 6.45) is 2.09. The van der Waals surface area contributed by atoms with Gasteiger partial charge in [-0.05, 0) is 74.0 Å². The average molecular weight is 509 g/mol. The number of rotatable bonds is 6. The van der Waals surface area contributed by atoms with Crippen molar-refractivity contribution in [1.82, 2.24) is 25.2 Å². The van der Waals surface area contributed by atoms with Crippen molar-refractivity contribution in [2.24, 2.45) is 10.4 Å². The summed E-state index contributed by atoms with van der Waals surface area (Å²) in [5.74, 6) is 1.84. The molecule has 36 heavy (non-hydrogen) atoms. The van der Waals surface area contributed by atoms with Gasteiger partial charge in [-0.25, -0.2) is 0 Å². The van der Waals surface area contributed by atoms with Crippen LogP contribution in [0.15, 0.2) is 51.0 Å². The first-order valence-corrected chi connectivity index (χ1v) is 13.2. The van der Waals surface area contributed by atoms with Crippen LogP contribution in [0.4, 0.5) is 11.9 Å². The predicted molar refractivity (Wildman–Crippen MR) is 146 cm³/mol. The van der Waals surface area contributed by atoms with Crippen LogP contribution in [0.1, 0.15) is 45.0 Å². The Balaban J connectivity index is 1.56. The Kier molecular flexibility index (Phi) is 7.94. The number of likely N-dealkylation sites (N-methyl/N-ethyl adjacent to an activating group) is 1. The molecule has 192 valence electrons. The molecule has 2 aromatic rings. The Morgan fingerprint density at radius 1 is 1.03 bits per heavy atom. The normalized spacial score (nSPS) is 16.7. The number of benzene rings is 1. The second-order valence-electron chi connectivity index (χ2n) is 10.5. The maximum atomic E-state index is 12.3. The quantitative estimate of drug-likeness (QED) is 0.609. The number of hydrogen-bond donors (Lipinski definition) is 2. The van der Waals surface area contributed by atoms with Crippen molar-refractivity contribution in [2.45, 2.75) is 50.7 Å². The third-order valence-electron chi connectivity index (χ3n) is 6.07. The highest BCUT2D eigenvalue weighted by atomic mass is 32.2. The van der Waals surface area contributed by atoms with Gasteiger partial charge in [0.2, 0.25) is 11.9 Å². The number of anilines is 2. The summed E-state index contributed by atoms with van der Waals surface area (Å²) in [5.41, 5.74) is 1.97. The second-order valence-corrected chi connectivity index (χ2v) is 11.6. The highest BCUT2D eigenvalue weighted by Crippen LogP contribution is 2.29.